The summed E-state index contributed by atoms with van der Waals surface area (Å²) in [5.74, 6) is -2.35. The number of carbonyl (C=O) groups excluding carboxylic acids is 1. The van der Waals surface area contributed by atoms with Crippen LogP contribution in [0, 0.1) is 0 Å². The van der Waals surface area contributed by atoms with Crippen LogP contribution in [0.5, 0.6) is 11.6 Å². The fourth-order valence-electron chi connectivity index (χ4n) is 4.28. The first kappa shape index (κ1) is 25.9. The molecule has 196 valence electrons. The van der Waals surface area contributed by atoms with E-state index in [9.17, 15) is 18.0 Å². The van der Waals surface area contributed by atoms with Crippen LogP contribution in [0.25, 0.3) is 44.4 Å². The quantitative estimate of drug-likeness (QED) is 0.251. The van der Waals surface area contributed by atoms with E-state index in [1.165, 1.54) is 13.3 Å². The first-order chi connectivity index (χ1) is 18.8. The van der Waals surface area contributed by atoms with Crippen molar-refractivity contribution in [2.45, 2.75) is 12.7 Å². The summed E-state index contributed by atoms with van der Waals surface area (Å²) in [6.45, 7) is 0.370. The third-order valence-electron chi connectivity index (χ3n) is 6.18. The van der Waals surface area contributed by atoms with Gasteiger partial charge in [0.05, 0.1) is 23.7 Å². The molecule has 0 aliphatic carbocycles. The number of nitrogens with two attached hydrogens (primary N) is 1. The van der Waals surface area contributed by atoms with Crippen molar-refractivity contribution in [3.8, 4) is 45.1 Å². The molecule has 5 aromatic rings. The maximum atomic E-state index is 13.1. The Morgan fingerprint density at radius 2 is 1.56 bits per heavy atom. The maximum absolute atomic E-state index is 13.1. The number of methoxy groups -OCH3 is 1. The monoisotopic (exact) mass is 529 g/mol. The molecule has 0 saturated carbocycles. The van der Waals surface area contributed by atoms with Crippen LogP contribution < -0.4 is 15.2 Å². The van der Waals surface area contributed by atoms with Crippen molar-refractivity contribution in [3.05, 3.63) is 96.7 Å². The molecule has 5 rings (SSSR count). The molecule has 2 aromatic heterocycles. The normalized spacial score (nSPS) is 11.4. The summed E-state index contributed by atoms with van der Waals surface area (Å²) in [6.07, 6.45) is -3.87. The van der Waals surface area contributed by atoms with Gasteiger partial charge in [0, 0.05) is 35.0 Å². The molecule has 2 heterocycles. The molecular formula is C30H22F3N3O3. The number of para-hydroxylation sites is 1. The molecule has 0 fully saturated rings. The van der Waals surface area contributed by atoms with Gasteiger partial charge in [-0.2, -0.15) is 13.2 Å². The Hall–Kier alpha value is -4.76. The number of hydrogen-bond donors (Lipinski definition) is 1. The number of nitrogens with zero attached hydrogens (tertiary/aromatic N) is 2. The highest BCUT2D eigenvalue weighted by atomic mass is 19.4. The Kier molecular flexibility index (Phi) is 7.00. The molecule has 0 amide bonds. The average molecular weight is 530 g/mol. The van der Waals surface area contributed by atoms with Gasteiger partial charge < -0.3 is 15.2 Å². The van der Waals surface area contributed by atoms with Gasteiger partial charge >= 0.3 is 12.1 Å². The van der Waals surface area contributed by atoms with E-state index >= 15 is 0 Å². The average Bonchev–Trinajstić information content (AvgIpc) is 2.96. The van der Waals surface area contributed by atoms with Crippen molar-refractivity contribution in [1.82, 2.24) is 9.97 Å². The first-order valence-corrected chi connectivity index (χ1v) is 11.9. The van der Waals surface area contributed by atoms with E-state index in [-0.39, 0.29) is 10.9 Å². The molecule has 0 unspecified atom stereocenters. The van der Waals surface area contributed by atoms with Crippen LogP contribution >= 0.6 is 0 Å². The lowest BCUT2D eigenvalue weighted by atomic mass is 9.95. The Morgan fingerprint density at radius 3 is 2.23 bits per heavy atom. The third-order valence-corrected chi connectivity index (χ3v) is 6.18. The lowest BCUT2D eigenvalue weighted by Gasteiger charge is -2.17. The van der Waals surface area contributed by atoms with E-state index in [1.54, 1.807) is 30.3 Å². The highest BCUT2D eigenvalue weighted by molar-refractivity contribution is 6.02. The van der Waals surface area contributed by atoms with Gasteiger partial charge in [0.2, 0.25) is 5.88 Å². The molecule has 0 atom stereocenters. The molecule has 6 nitrogen and oxygen atoms in total. The maximum Gasteiger partial charge on any atom is 0.491 e. The number of pyridine rings is 2. The molecule has 0 bridgehead atoms. The van der Waals surface area contributed by atoms with Gasteiger partial charge in [-0.15, -0.1) is 0 Å². The molecule has 39 heavy (non-hydrogen) atoms. The van der Waals surface area contributed by atoms with Crippen molar-refractivity contribution in [3.63, 3.8) is 0 Å². The highest BCUT2D eigenvalue weighted by Crippen LogP contribution is 2.41. The predicted octanol–water partition coefficient (Wildman–Crippen LogP) is 6.57. The zero-order chi connectivity index (χ0) is 27.6. The predicted molar refractivity (Wildman–Crippen MR) is 142 cm³/mol. The number of esters is 1. The second-order valence-corrected chi connectivity index (χ2v) is 8.61. The van der Waals surface area contributed by atoms with Crippen LogP contribution in [-0.2, 0) is 11.3 Å². The summed E-state index contributed by atoms with van der Waals surface area (Å²) in [6, 6.07) is 25.6. The molecule has 0 spiro atoms. The minimum atomic E-state index is -5.20. The second kappa shape index (κ2) is 10.5. The summed E-state index contributed by atoms with van der Waals surface area (Å²) in [5, 5.41) is 0.136. The fourth-order valence-corrected chi connectivity index (χ4v) is 4.28. The van der Waals surface area contributed by atoms with Crippen LogP contribution in [0.15, 0.2) is 91.1 Å². The van der Waals surface area contributed by atoms with Crippen LogP contribution in [0.3, 0.4) is 0 Å². The molecule has 0 radical (unpaired) electrons. The highest BCUT2D eigenvalue weighted by Gasteiger charge is 2.42. The summed E-state index contributed by atoms with van der Waals surface area (Å²) in [7, 11) is 1.51. The number of alkyl halides is 3. The number of carbonyl (C=O) groups is 1. The van der Waals surface area contributed by atoms with E-state index < -0.39 is 18.0 Å². The van der Waals surface area contributed by atoms with Gasteiger partial charge in [0.15, 0.2) is 0 Å². The molecule has 2 N–H and O–H groups in total. The van der Waals surface area contributed by atoms with Gasteiger partial charge in [-0.05, 0) is 23.3 Å². The summed E-state index contributed by atoms with van der Waals surface area (Å²) < 4.78 is 49.6. The van der Waals surface area contributed by atoms with E-state index in [4.69, 9.17) is 20.2 Å². The van der Waals surface area contributed by atoms with Crippen molar-refractivity contribution < 1.29 is 27.4 Å². The summed E-state index contributed by atoms with van der Waals surface area (Å²) >= 11 is 0. The van der Waals surface area contributed by atoms with Crippen molar-refractivity contribution in [2.75, 3.05) is 7.11 Å². The van der Waals surface area contributed by atoms with Crippen LogP contribution in [0.1, 0.15) is 5.56 Å². The Bertz CT molecular complexity index is 1650. The van der Waals surface area contributed by atoms with E-state index in [0.29, 0.717) is 34.7 Å². The zero-order valence-electron chi connectivity index (χ0n) is 20.7. The van der Waals surface area contributed by atoms with Gasteiger partial charge in [-0.3, -0.25) is 0 Å². The van der Waals surface area contributed by atoms with Crippen molar-refractivity contribution >= 4 is 16.9 Å². The molecule has 9 heteroatoms. The van der Waals surface area contributed by atoms with Crippen LogP contribution in [0.4, 0.5) is 13.2 Å². The number of benzene rings is 3. The largest absolute Gasteiger partial charge is 0.496 e. The van der Waals surface area contributed by atoms with Crippen LogP contribution in [-0.4, -0.2) is 29.2 Å². The lowest BCUT2D eigenvalue weighted by molar-refractivity contribution is -0.189. The van der Waals surface area contributed by atoms with Crippen molar-refractivity contribution in [2.24, 2.45) is 5.73 Å². The number of hydrogen-bond acceptors (Lipinski definition) is 6. The molecule has 0 aliphatic heterocycles. The zero-order valence-corrected chi connectivity index (χ0v) is 20.7. The summed E-state index contributed by atoms with van der Waals surface area (Å²) in [5.41, 5.74) is 10.8. The van der Waals surface area contributed by atoms with E-state index in [1.807, 2.05) is 54.6 Å². The van der Waals surface area contributed by atoms with Crippen LogP contribution in [0.2, 0.25) is 0 Å². The minimum absolute atomic E-state index is 0.136. The van der Waals surface area contributed by atoms with Gasteiger partial charge in [-0.1, -0.05) is 72.8 Å². The minimum Gasteiger partial charge on any atom is -0.496 e. The van der Waals surface area contributed by atoms with Crippen molar-refractivity contribution in [1.29, 1.82) is 0 Å². The molecule has 0 aliphatic rings. The summed E-state index contributed by atoms with van der Waals surface area (Å²) in [4.78, 5) is 20.9. The third kappa shape index (κ3) is 5.17. The molecule has 0 saturated heterocycles. The Morgan fingerprint density at radius 1 is 0.872 bits per heavy atom. The number of fused-ring (bicyclic) bond motifs is 1. The second-order valence-electron chi connectivity index (χ2n) is 8.61. The standard InChI is InChI=1S/C30H22F3N3O3/c1-38-25-10-6-5-9-21(25)24-17-35-28(39-29(37)30(31,32)33)23-15-22(19-7-3-2-4-8-19)26(36-27(23)24)20-13-11-18(16-34)12-14-20/h2-15,17H,16,34H2,1H3. The lowest BCUT2D eigenvalue weighted by Crippen LogP contribution is -2.28. The number of rotatable bonds is 6. The van der Waals surface area contributed by atoms with Gasteiger partial charge in [0.25, 0.3) is 0 Å². The molecular weight excluding hydrogens is 507 g/mol. The number of halogens is 3. The SMILES string of the molecule is COc1ccccc1-c1cnc(OC(=O)C(F)(F)F)c2cc(-c3ccccc3)c(-c3ccc(CN)cc3)nc12. The smallest absolute Gasteiger partial charge is 0.491 e. The first-order valence-electron chi connectivity index (χ1n) is 11.9. The van der Waals surface area contributed by atoms with E-state index in [0.717, 1.165) is 16.7 Å². The number of aromatic nitrogens is 2. The van der Waals surface area contributed by atoms with Gasteiger partial charge in [0.1, 0.15) is 5.75 Å². The fraction of sp³-hybridized carbons (Fsp3) is 0.100. The number of ether oxygens (including phenoxy) is 2. The Labute approximate surface area is 221 Å². The Balaban J connectivity index is 1.85. The van der Waals surface area contributed by atoms with Gasteiger partial charge in [-0.25, -0.2) is 14.8 Å². The van der Waals surface area contributed by atoms with E-state index in [2.05, 4.69) is 4.98 Å². The topological polar surface area (TPSA) is 87.3 Å². The molecule has 3 aromatic carbocycles.